The monoisotopic (exact) mass is 287 g/mol. The molecule has 0 aliphatic carbocycles. The second kappa shape index (κ2) is 6.36. The van der Waals surface area contributed by atoms with E-state index in [0.717, 1.165) is 22.9 Å². The van der Waals surface area contributed by atoms with Gasteiger partial charge in [-0.3, -0.25) is 0 Å². The fourth-order valence-electron chi connectivity index (χ4n) is 1.89. The standard InChI is InChI=1S/C13H19BrFN/c1-4-10(9(2)16-3)7-11-8-12(14)5-6-13(11)15/h5-6,8-10,16H,4,7H2,1-3H3. The SMILES string of the molecule is CCC(Cc1cc(Br)ccc1F)C(C)NC. The Kier molecular flexibility index (Phi) is 5.42. The van der Waals surface area contributed by atoms with Gasteiger partial charge in [-0.15, -0.1) is 0 Å². The van der Waals surface area contributed by atoms with Crippen LogP contribution in [-0.2, 0) is 6.42 Å². The summed E-state index contributed by atoms with van der Waals surface area (Å²) in [6.45, 7) is 4.29. The molecule has 3 heteroatoms. The van der Waals surface area contributed by atoms with Crippen LogP contribution < -0.4 is 5.32 Å². The van der Waals surface area contributed by atoms with Crippen molar-refractivity contribution in [2.75, 3.05) is 7.05 Å². The summed E-state index contributed by atoms with van der Waals surface area (Å²) in [5, 5.41) is 3.24. The summed E-state index contributed by atoms with van der Waals surface area (Å²) < 4.78 is 14.5. The molecular weight excluding hydrogens is 269 g/mol. The predicted octanol–water partition coefficient (Wildman–Crippen LogP) is 3.76. The highest BCUT2D eigenvalue weighted by molar-refractivity contribution is 9.10. The van der Waals surface area contributed by atoms with E-state index >= 15 is 0 Å². The van der Waals surface area contributed by atoms with E-state index in [1.165, 1.54) is 6.07 Å². The summed E-state index contributed by atoms with van der Waals surface area (Å²) in [5.41, 5.74) is 0.795. The van der Waals surface area contributed by atoms with Crippen LogP contribution in [0.2, 0.25) is 0 Å². The van der Waals surface area contributed by atoms with Crippen molar-refractivity contribution >= 4 is 15.9 Å². The van der Waals surface area contributed by atoms with Crippen LogP contribution in [0.15, 0.2) is 22.7 Å². The van der Waals surface area contributed by atoms with Crippen molar-refractivity contribution in [2.24, 2.45) is 5.92 Å². The first-order valence-electron chi connectivity index (χ1n) is 5.69. The molecule has 1 rings (SSSR count). The molecule has 0 bridgehead atoms. The van der Waals surface area contributed by atoms with Crippen LogP contribution in [0.5, 0.6) is 0 Å². The average Bonchev–Trinajstić information content (AvgIpc) is 2.29. The molecule has 0 saturated carbocycles. The highest BCUT2D eigenvalue weighted by Gasteiger charge is 2.16. The molecule has 0 spiro atoms. The Morgan fingerprint density at radius 2 is 2.12 bits per heavy atom. The number of hydrogen-bond acceptors (Lipinski definition) is 1. The van der Waals surface area contributed by atoms with Crippen molar-refractivity contribution in [3.8, 4) is 0 Å². The third-order valence-electron chi connectivity index (χ3n) is 3.18. The Balaban J connectivity index is 2.81. The van der Waals surface area contributed by atoms with Gasteiger partial charge in [-0.1, -0.05) is 29.3 Å². The van der Waals surface area contributed by atoms with Crippen LogP contribution in [0.1, 0.15) is 25.8 Å². The molecule has 90 valence electrons. The van der Waals surface area contributed by atoms with Crippen molar-refractivity contribution < 1.29 is 4.39 Å². The molecule has 2 atom stereocenters. The lowest BCUT2D eigenvalue weighted by molar-refractivity contribution is 0.376. The zero-order valence-electron chi connectivity index (χ0n) is 10.1. The number of benzene rings is 1. The van der Waals surface area contributed by atoms with Gasteiger partial charge in [0.05, 0.1) is 0 Å². The Morgan fingerprint density at radius 3 is 2.69 bits per heavy atom. The van der Waals surface area contributed by atoms with Crippen LogP contribution in [0.25, 0.3) is 0 Å². The first-order chi connectivity index (χ1) is 7.58. The van der Waals surface area contributed by atoms with Gasteiger partial charge in [0.1, 0.15) is 5.82 Å². The summed E-state index contributed by atoms with van der Waals surface area (Å²) >= 11 is 3.38. The summed E-state index contributed by atoms with van der Waals surface area (Å²) in [6, 6.07) is 5.54. The molecule has 0 aromatic heterocycles. The van der Waals surface area contributed by atoms with Crippen LogP contribution in [0.4, 0.5) is 4.39 Å². The number of nitrogens with one attached hydrogen (secondary N) is 1. The second-order valence-electron chi connectivity index (χ2n) is 4.19. The maximum absolute atomic E-state index is 13.6. The lowest BCUT2D eigenvalue weighted by Gasteiger charge is -2.22. The molecule has 1 aromatic carbocycles. The van der Waals surface area contributed by atoms with Gasteiger partial charge >= 0.3 is 0 Å². The zero-order chi connectivity index (χ0) is 12.1. The summed E-state index contributed by atoms with van der Waals surface area (Å²) in [4.78, 5) is 0. The molecule has 0 aliphatic rings. The Bertz CT molecular complexity index is 341. The molecule has 1 aromatic rings. The lowest BCUT2D eigenvalue weighted by Crippen LogP contribution is -2.31. The average molecular weight is 288 g/mol. The Hall–Kier alpha value is -0.410. The molecule has 0 fully saturated rings. The number of rotatable bonds is 5. The van der Waals surface area contributed by atoms with Crippen molar-refractivity contribution in [1.29, 1.82) is 0 Å². The fourth-order valence-corrected chi connectivity index (χ4v) is 2.30. The van der Waals surface area contributed by atoms with Crippen LogP contribution in [0, 0.1) is 11.7 Å². The van der Waals surface area contributed by atoms with Crippen molar-refractivity contribution in [2.45, 2.75) is 32.7 Å². The fraction of sp³-hybridized carbons (Fsp3) is 0.538. The molecule has 1 N–H and O–H groups in total. The van der Waals surface area contributed by atoms with Gasteiger partial charge in [0, 0.05) is 10.5 Å². The molecule has 0 amide bonds. The number of halogens is 2. The smallest absolute Gasteiger partial charge is 0.126 e. The quantitative estimate of drug-likeness (QED) is 0.869. The third kappa shape index (κ3) is 3.56. The molecule has 0 aliphatic heterocycles. The maximum atomic E-state index is 13.6. The van der Waals surface area contributed by atoms with E-state index in [0.29, 0.717) is 12.0 Å². The molecule has 2 unspecified atom stereocenters. The van der Waals surface area contributed by atoms with Gasteiger partial charge in [0.2, 0.25) is 0 Å². The highest BCUT2D eigenvalue weighted by atomic mass is 79.9. The minimum atomic E-state index is -0.107. The molecule has 0 radical (unpaired) electrons. The van der Waals surface area contributed by atoms with Gasteiger partial charge in [-0.2, -0.15) is 0 Å². The van der Waals surface area contributed by atoms with E-state index in [1.54, 1.807) is 6.07 Å². The zero-order valence-corrected chi connectivity index (χ0v) is 11.6. The van der Waals surface area contributed by atoms with Gasteiger partial charge in [-0.05, 0) is 50.1 Å². The van der Waals surface area contributed by atoms with E-state index in [4.69, 9.17) is 0 Å². The topological polar surface area (TPSA) is 12.0 Å². The van der Waals surface area contributed by atoms with E-state index in [1.807, 2.05) is 13.1 Å². The minimum absolute atomic E-state index is 0.107. The largest absolute Gasteiger partial charge is 0.317 e. The molecule has 0 heterocycles. The van der Waals surface area contributed by atoms with Crippen molar-refractivity contribution in [3.63, 3.8) is 0 Å². The normalized spacial score (nSPS) is 14.8. The summed E-state index contributed by atoms with van der Waals surface area (Å²) in [7, 11) is 1.95. The van der Waals surface area contributed by atoms with Crippen LogP contribution >= 0.6 is 15.9 Å². The maximum Gasteiger partial charge on any atom is 0.126 e. The van der Waals surface area contributed by atoms with E-state index in [2.05, 4.69) is 35.1 Å². The lowest BCUT2D eigenvalue weighted by atomic mass is 9.91. The Labute approximate surface area is 106 Å². The van der Waals surface area contributed by atoms with E-state index < -0.39 is 0 Å². The third-order valence-corrected chi connectivity index (χ3v) is 3.67. The molecule has 0 saturated heterocycles. The first-order valence-corrected chi connectivity index (χ1v) is 6.49. The first kappa shape index (κ1) is 13.7. The van der Waals surface area contributed by atoms with Crippen LogP contribution in [0.3, 0.4) is 0 Å². The Morgan fingerprint density at radius 1 is 1.44 bits per heavy atom. The molecule has 16 heavy (non-hydrogen) atoms. The van der Waals surface area contributed by atoms with Gasteiger partial charge < -0.3 is 5.32 Å². The van der Waals surface area contributed by atoms with E-state index in [9.17, 15) is 4.39 Å². The summed E-state index contributed by atoms with van der Waals surface area (Å²) in [5.74, 6) is 0.360. The van der Waals surface area contributed by atoms with Gasteiger partial charge in [-0.25, -0.2) is 4.39 Å². The summed E-state index contributed by atoms with van der Waals surface area (Å²) in [6.07, 6.45) is 1.83. The van der Waals surface area contributed by atoms with Gasteiger partial charge in [0.25, 0.3) is 0 Å². The highest BCUT2D eigenvalue weighted by Crippen LogP contribution is 2.21. The van der Waals surface area contributed by atoms with Crippen LogP contribution in [-0.4, -0.2) is 13.1 Å². The van der Waals surface area contributed by atoms with Crippen molar-refractivity contribution in [1.82, 2.24) is 5.32 Å². The molecular formula is C13H19BrFN. The van der Waals surface area contributed by atoms with Crippen molar-refractivity contribution in [3.05, 3.63) is 34.1 Å². The van der Waals surface area contributed by atoms with Gasteiger partial charge in [0.15, 0.2) is 0 Å². The predicted molar refractivity (Wildman–Crippen MR) is 70.1 cm³/mol. The minimum Gasteiger partial charge on any atom is -0.317 e. The second-order valence-corrected chi connectivity index (χ2v) is 5.10. The van der Waals surface area contributed by atoms with E-state index in [-0.39, 0.29) is 5.82 Å². The number of hydrogen-bond donors (Lipinski definition) is 1. The molecule has 1 nitrogen and oxygen atoms in total.